The highest BCUT2D eigenvalue weighted by molar-refractivity contribution is 7.89. The first-order valence-electron chi connectivity index (χ1n) is 13.4. The molecule has 1 fully saturated rings. The van der Waals surface area contributed by atoms with Crippen LogP contribution in [0.25, 0.3) is 0 Å². The SMILES string of the molecule is CC(C)(C)[C@](CNC(=O)c1ccc(N2CCC(Nc3ncccn3)CC2)cc1)(NS(=O)(=O)c1ccccc1)C(=O)O. The lowest BCUT2D eigenvalue weighted by atomic mass is 9.74. The molecule has 0 spiro atoms. The number of benzene rings is 2. The number of hydrogen-bond acceptors (Lipinski definition) is 8. The number of nitrogens with zero attached hydrogens (tertiary/aromatic N) is 3. The summed E-state index contributed by atoms with van der Waals surface area (Å²) in [5.74, 6) is -1.28. The standard InChI is InChI=1S/C29H36N6O5S/c1-28(2,3)29(26(37)38,34-41(39,40)24-8-5-4-6-9-24)20-32-25(36)21-10-12-23(13-11-21)35-18-14-22(15-19-35)33-27-30-16-7-17-31-27/h4-13,16-17,22,34H,14-15,18-20H2,1-3H3,(H,32,36)(H,37,38)(H,30,31,33)/t29-/m1/s1. The molecule has 4 rings (SSSR count). The molecule has 12 heteroatoms. The van der Waals surface area contributed by atoms with Crippen molar-refractivity contribution in [1.29, 1.82) is 0 Å². The van der Waals surface area contributed by atoms with E-state index in [0.29, 0.717) is 11.5 Å². The van der Waals surface area contributed by atoms with E-state index in [1.807, 2.05) is 12.1 Å². The molecule has 0 aliphatic carbocycles. The van der Waals surface area contributed by atoms with Crippen molar-refractivity contribution in [1.82, 2.24) is 20.0 Å². The molecule has 41 heavy (non-hydrogen) atoms. The molecule has 1 atom stereocenters. The predicted octanol–water partition coefficient (Wildman–Crippen LogP) is 3.14. The van der Waals surface area contributed by atoms with Crippen LogP contribution in [0, 0.1) is 5.41 Å². The maximum absolute atomic E-state index is 13.1. The molecule has 4 N–H and O–H groups in total. The topological polar surface area (TPSA) is 154 Å². The fourth-order valence-electron chi connectivity index (χ4n) is 4.76. The largest absolute Gasteiger partial charge is 0.480 e. The van der Waals surface area contributed by atoms with Crippen LogP contribution in [0.15, 0.2) is 78.0 Å². The Hall–Kier alpha value is -4.03. The monoisotopic (exact) mass is 580 g/mol. The number of carbonyl (C=O) groups excluding carboxylic acids is 1. The Kier molecular flexibility index (Phi) is 8.93. The van der Waals surface area contributed by atoms with Gasteiger partial charge in [0, 0.05) is 49.3 Å². The molecule has 0 radical (unpaired) electrons. The van der Waals surface area contributed by atoms with Gasteiger partial charge in [-0.2, -0.15) is 4.72 Å². The Morgan fingerprint density at radius 1 is 0.951 bits per heavy atom. The summed E-state index contributed by atoms with van der Waals surface area (Å²) in [7, 11) is -4.20. The second-order valence-corrected chi connectivity index (χ2v) is 12.8. The van der Waals surface area contributed by atoms with Gasteiger partial charge in [-0.15, -0.1) is 0 Å². The lowest BCUT2D eigenvalue weighted by Gasteiger charge is -2.41. The summed E-state index contributed by atoms with van der Waals surface area (Å²) in [5, 5.41) is 16.2. The van der Waals surface area contributed by atoms with E-state index in [-0.39, 0.29) is 10.9 Å². The Labute approximate surface area is 240 Å². The van der Waals surface area contributed by atoms with Crippen molar-refractivity contribution in [3.63, 3.8) is 0 Å². The highest BCUT2D eigenvalue weighted by Gasteiger charge is 2.52. The van der Waals surface area contributed by atoms with Crippen LogP contribution in [-0.2, 0) is 14.8 Å². The van der Waals surface area contributed by atoms with E-state index < -0.39 is 39.4 Å². The summed E-state index contributed by atoms with van der Waals surface area (Å²) in [4.78, 5) is 36.3. The molecular weight excluding hydrogens is 544 g/mol. The quantitative estimate of drug-likeness (QED) is 0.283. The van der Waals surface area contributed by atoms with Crippen LogP contribution in [0.2, 0.25) is 0 Å². The van der Waals surface area contributed by atoms with Crippen LogP contribution in [0.1, 0.15) is 44.0 Å². The number of hydrogen-bond donors (Lipinski definition) is 4. The molecule has 1 aromatic heterocycles. The lowest BCUT2D eigenvalue weighted by molar-refractivity contribution is -0.148. The number of amides is 1. The molecule has 0 saturated carbocycles. The number of nitrogens with one attached hydrogen (secondary N) is 3. The summed E-state index contributed by atoms with van der Waals surface area (Å²) in [5.41, 5.74) is -1.79. The third-order valence-corrected chi connectivity index (χ3v) is 8.92. The van der Waals surface area contributed by atoms with Crippen molar-refractivity contribution in [3.8, 4) is 0 Å². The Bertz CT molecular complexity index is 1440. The zero-order chi connectivity index (χ0) is 29.7. The first-order valence-corrected chi connectivity index (χ1v) is 14.9. The first kappa shape index (κ1) is 29.9. The van der Waals surface area contributed by atoms with Gasteiger partial charge < -0.3 is 20.6 Å². The molecule has 11 nitrogen and oxygen atoms in total. The molecular formula is C29H36N6O5S. The lowest BCUT2D eigenvalue weighted by Crippen LogP contribution is -2.67. The van der Waals surface area contributed by atoms with Crippen molar-refractivity contribution >= 4 is 33.5 Å². The van der Waals surface area contributed by atoms with Crippen molar-refractivity contribution < 1.29 is 23.1 Å². The normalized spacial score (nSPS) is 16.0. The van der Waals surface area contributed by atoms with Crippen LogP contribution < -0.4 is 20.3 Å². The second-order valence-electron chi connectivity index (χ2n) is 11.1. The van der Waals surface area contributed by atoms with E-state index in [9.17, 15) is 23.1 Å². The number of carboxylic acids is 1. The third kappa shape index (κ3) is 7.01. The maximum atomic E-state index is 13.1. The van der Waals surface area contributed by atoms with E-state index in [0.717, 1.165) is 31.6 Å². The van der Waals surface area contributed by atoms with Crippen molar-refractivity contribution in [2.75, 3.05) is 29.9 Å². The molecule has 1 saturated heterocycles. The number of sulfonamides is 1. The van der Waals surface area contributed by atoms with Crippen molar-refractivity contribution in [2.45, 2.75) is 50.1 Å². The van der Waals surface area contributed by atoms with Crippen LogP contribution >= 0.6 is 0 Å². The van der Waals surface area contributed by atoms with Crippen LogP contribution in [-0.4, -0.2) is 66.6 Å². The number of aromatic nitrogens is 2. The number of anilines is 2. The highest BCUT2D eigenvalue weighted by Crippen LogP contribution is 2.32. The summed E-state index contributed by atoms with van der Waals surface area (Å²) in [6.07, 6.45) is 5.22. The zero-order valence-corrected chi connectivity index (χ0v) is 24.2. The first-order chi connectivity index (χ1) is 19.4. The van der Waals surface area contributed by atoms with Gasteiger partial charge in [-0.05, 0) is 60.7 Å². The number of carbonyl (C=O) groups is 2. The van der Waals surface area contributed by atoms with Gasteiger partial charge in [0.25, 0.3) is 5.91 Å². The van der Waals surface area contributed by atoms with Crippen molar-refractivity contribution in [3.05, 3.63) is 78.6 Å². The van der Waals surface area contributed by atoms with Gasteiger partial charge in [0.15, 0.2) is 5.54 Å². The highest BCUT2D eigenvalue weighted by atomic mass is 32.2. The molecule has 218 valence electrons. The number of aliphatic carboxylic acids is 1. The van der Waals surface area contributed by atoms with Gasteiger partial charge in [-0.25, -0.2) is 18.4 Å². The van der Waals surface area contributed by atoms with Gasteiger partial charge >= 0.3 is 5.97 Å². The van der Waals surface area contributed by atoms with Crippen LogP contribution in [0.4, 0.5) is 11.6 Å². The number of carboxylic acid groups (broad SMARTS) is 1. The van der Waals surface area contributed by atoms with E-state index in [1.165, 1.54) is 12.1 Å². The van der Waals surface area contributed by atoms with Crippen LogP contribution in [0.5, 0.6) is 0 Å². The van der Waals surface area contributed by atoms with Gasteiger partial charge in [-0.3, -0.25) is 9.59 Å². The third-order valence-electron chi connectivity index (χ3n) is 7.41. The average molecular weight is 581 g/mol. The number of piperidine rings is 1. The van der Waals surface area contributed by atoms with Gasteiger partial charge in [0.1, 0.15) is 0 Å². The second kappa shape index (κ2) is 12.2. The Morgan fingerprint density at radius 2 is 1.56 bits per heavy atom. The smallest absolute Gasteiger partial charge is 0.327 e. The number of rotatable bonds is 10. The fourth-order valence-corrected chi connectivity index (χ4v) is 6.32. The molecule has 2 aromatic carbocycles. The average Bonchev–Trinajstić information content (AvgIpc) is 2.96. The fraction of sp³-hybridized carbons (Fsp3) is 0.379. The molecule has 1 aliphatic rings. The Balaban J connectivity index is 1.40. The summed E-state index contributed by atoms with van der Waals surface area (Å²) in [6, 6.07) is 16.7. The van der Waals surface area contributed by atoms with Gasteiger partial charge in [0.2, 0.25) is 16.0 Å². The predicted molar refractivity (Wildman–Crippen MR) is 156 cm³/mol. The molecule has 0 bridgehead atoms. The van der Waals surface area contributed by atoms with Crippen LogP contribution in [0.3, 0.4) is 0 Å². The summed E-state index contributed by atoms with van der Waals surface area (Å²) >= 11 is 0. The minimum atomic E-state index is -4.20. The summed E-state index contributed by atoms with van der Waals surface area (Å²) in [6.45, 7) is 6.03. The zero-order valence-electron chi connectivity index (χ0n) is 23.4. The minimum Gasteiger partial charge on any atom is -0.480 e. The van der Waals surface area contributed by atoms with E-state index in [2.05, 4.69) is 30.2 Å². The van der Waals surface area contributed by atoms with E-state index >= 15 is 0 Å². The molecule has 3 aromatic rings. The molecule has 1 aliphatic heterocycles. The minimum absolute atomic E-state index is 0.0648. The van der Waals surface area contributed by atoms with Gasteiger partial charge in [0.05, 0.1) is 4.90 Å². The molecule has 1 amide bonds. The van der Waals surface area contributed by atoms with Crippen molar-refractivity contribution in [2.24, 2.45) is 5.41 Å². The van der Waals surface area contributed by atoms with E-state index in [4.69, 9.17) is 0 Å². The maximum Gasteiger partial charge on any atom is 0.327 e. The molecule has 0 unspecified atom stereocenters. The van der Waals surface area contributed by atoms with E-state index in [1.54, 1.807) is 69.6 Å². The summed E-state index contributed by atoms with van der Waals surface area (Å²) < 4.78 is 28.6. The van der Waals surface area contributed by atoms with Gasteiger partial charge in [-0.1, -0.05) is 39.0 Å². The molecule has 2 heterocycles. The Morgan fingerprint density at radius 3 is 2.12 bits per heavy atom.